The molecule has 0 saturated heterocycles. The highest BCUT2D eigenvalue weighted by atomic mass is 19.1. The summed E-state index contributed by atoms with van der Waals surface area (Å²) < 4.78 is 25.5. The number of nitrogens with one attached hydrogen (secondary N) is 1. The van der Waals surface area contributed by atoms with Crippen molar-refractivity contribution in [2.45, 2.75) is 40.7 Å². The Hall–Kier alpha value is -0.960. The van der Waals surface area contributed by atoms with Gasteiger partial charge < -0.3 is 5.32 Å². The zero-order chi connectivity index (χ0) is 13.1. The molecule has 0 unspecified atom stereocenters. The lowest BCUT2D eigenvalue weighted by Gasteiger charge is -2.10. The van der Waals surface area contributed by atoms with Crippen molar-refractivity contribution < 1.29 is 8.78 Å². The lowest BCUT2D eigenvalue weighted by molar-refractivity contribution is 0.542. The van der Waals surface area contributed by atoms with Crippen LogP contribution in [0.5, 0.6) is 0 Å². The Labute approximate surface area is 97.9 Å². The van der Waals surface area contributed by atoms with Crippen LogP contribution in [-0.4, -0.2) is 7.05 Å². The third-order valence-corrected chi connectivity index (χ3v) is 1.86. The van der Waals surface area contributed by atoms with Crippen LogP contribution < -0.4 is 5.32 Å². The molecule has 94 valence electrons. The zero-order valence-corrected chi connectivity index (χ0v) is 11.1. The van der Waals surface area contributed by atoms with Gasteiger partial charge in [-0.1, -0.05) is 33.8 Å². The van der Waals surface area contributed by atoms with Gasteiger partial charge in [-0.2, -0.15) is 0 Å². The maximum absolute atomic E-state index is 13.0. The molecular formula is C13H23F2N. The van der Waals surface area contributed by atoms with E-state index in [-0.39, 0.29) is 6.04 Å². The van der Waals surface area contributed by atoms with Gasteiger partial charge in [0.2, 0.25) is 0 Å². The lowest BCUT2D eigenvalue weighted by Crippen LogP contribution is -2.13. The Balaban J connectivity index is 0. The minimum atomic E-state index is -0.542. The molecule has 1 atom stereocenters. The summed E-state index contributed by atoms with van der Waals surface area (Å²) >= 11 is 0. The van der Waals surface area contributed by atoms with Gasteiger partial charge >= 0.3 is 0 Å². The van der Waals surface area contributed by atoms with Gasteiger partial charge in [0.1, 0.15) is 11.6 Å². The summed E-state index contributed by atoms with van der Waals surface area (Å²) in [6, 6.07) is 3.51. The third-order valence-electron chi connectivity index (χ3n) is 1.86. The van der Waals surface area contributed by atoms with E-state index in [1.807, 2.05) is 34.6 Å². The normalized spacial score (nSPS) is 10.5. The van der Waals surface area contributed by atoms with Crippen molar-refractivity contribution in [1.29, 1.82) is 0 Å². The molecule has 0 aliphatic rings. The minimum absolute atomic E-state index is 0.0920. The van der Waals surface area contributed by atoms with Crippen molar-refractivity contribution in [3.8, 4) is 0 Å². The maximum atomic E-state index is 13.0. The topological polar surface area (TPSA) is 12.0 Å². The fourth-order valence-corrected chi connectivity index (χ4v) is 1.01. The number of hydrogen-bond donors (Lipinski definition) is 1. The van der Waals surface area contributed by atoms with Crippen molar-refractivity contribution in [3.63, 3.8) is 0 Å². The van der Waals surface area contributed by atoms with E-state index in [9.17, 15) is 8.78 Å². The minimum Gasteiger partial charge on any atom is -0.313 e. The van der Waals surface area contributed by atoms with Crippen LogP contribution in [0.25, 0.3) is 0 Å². The maximum Gasteiger partial charge on any atom is 0.130 e. The van der Waals surface area contributed by atoms with Crippen molar-refractivity contribution >= 4 is 0 Å². The Bertz CT molecular complexity index is 275. The van der Waals surface area contributed by atoms with Gasteiger partial charge in [0.25, 0.3) is 0 Å². The fraction of sp³-hybridized carbons (Fsp3) is 0.538. The van der Waals surface area contributed by atoms with Gasteiger partial charge in [-0.3, -0.25) is 0 Å². The molecule has 0 amide bonds. The van der Waals surface area contributed by atoms with E-state index in [1.54, 1.807) is 7.05 Å². The summed E-state index contributed by atoms with van der Waals surface area (Å²) in [6.07, 6.45) is 0. The van der Waals surface area contributed by atoms with Crippen LogP contribution in [0.15, 0.2) is 18.2 Å². The van der Waals surface area contributed by atoms with Crippen molar-refractivity contribution in [2.24, 2.45) is 0 Å². The Morgan fingerprint density at radius 2 is 1.56 bits per heavy atom. The molecule has 1 aromatic rings. The first-order valence-corrected chi connectivity index (χ1v) is 5.77. The van der Waals surface area contributed by atoms with E-state index in [4.69, 9.17) is 0 Å². The predicted molar refractivity (Wildman–Crippen MR) is 66.5 cm³/mol. The largest absolute Gasteiger partial charge is 0.313 e. The van der Waals surface area contributed by atoms with E-state index in [1.165, 1.54) is 12.1 Å². The quantitative estimate of drug-likeness (QED) is 0.800. The monoisotopic (exact) mass is 231 g/mol. The summed E-state index contributed by atoms with van der Waals surface area (Å²) in [5.41, 5.74) is 0.485. The van der Waals surface area contributed by atoms with Gasteiger partial charge in [-0.05, 0) is 20.0 Å². The van der Waals surface area contributed by atoms with Crippen LogP contribution >= 0.6 is 0 Å². The molecule has 1 nitrogen and oxygen atoms in total. The lowest BCUT2D eigenvalue weighted by atomic mass is 10.1. The second-order valence-corrected chi connectivity index (χ2v) is 2.68. The molecular weight excluding hydrogens is 208 g/mol. The van der Waals surface area contributed by atoms with Crippen molar-refractivity contribution in [3.05, 3.63) is 35.4 Å². The molecule has 0 aliphatic carbocycles. The molecule has 0 spiro atoms. The second kappa shape index (κ2) is 10.6. The van der Waals surface area contributed by atoms with E-state index in [0.717, 1.165) is 6.07 Å². The first-order valence-electron chi connectivity index (χ1n) is 5.77. The number of hydrogen-bond acceptors (Lipinski definition) is 1. The van der Waals surface area contributed by atoms with Gasteiger partial charge in [0.15, 0.2) is 0 Å². The van der Waals surface area contributed by atoms with Gasteiger partial charge in [-0.15, -0.1) is 0 Å². The van der Waals surface area contributed by atoms with Crippen LogP contribution in [-0.2, 0) is 0 Å². The predicted octanol–water partition coefficient (Wildman–Crippen LogP) is 4.30. The van der Waals surface area contributed by atoms with Crippen LogP contribution in [0.4, 0.5) is 8.78 Å². The molecule has 0 heterocycles. The highest BCUT2D eigenvalue weighted by Gasteiger charge is 2.08. The highest BCUT2D eigenvalue weighted by molar-refractivity contribution is 5.21. The summed E-state index contributed by atoms with van der Waals surface area (Å²) in [7, 11) is 1.73. The smallest absolute Gasteiger partial charge is 0.130 e. The zero-order valence-electron chi connectivity index (χ0n) is 11.1. The molecule has 0 saturated carbocycles. The van der Waals surface area contributed by atoms with Crippen molar-refractivity contribution in [2.75, 3.05) is 7.05 Å². The van der Waals surface area contributed by atoms with E-state index < -0.39 is 11.6 Å². The van der Waals surface area contributed by atoms with Gasteiger partial charge in [0.05, 0.1) is 0 Å². The first kappa shape index (κ1) is 17.4. The molecule has 16 heavy (non-hydrogen) atoms. The average Bonchev–Trinajstić information content (AvgIpc) is 2.33. The molecule has 0 aliphatic heterocycles. The van der Waals surface area contributed by atoms with Gasteiger partial charge in [0, 0.05) is 17.7 Å². The summed E-state index contributed by atoms with van der Waals surface area (Å²) in [5.74, 6) is -1.04. The molecule has 0 radical (unpaired) electrons. The number of benzene rings is 1. The second-order valence-electron chi connectivity index (χ2n) is 2.68. The van der Waals surface area contributed by atoms with Crippen LogP contribution in [0, 0.1) is 11.6 Å². The Morgan fingerprint density at radius 1 is 1.06 bits per heavy atom. The molecule has 0 fully saturated rings. The van der Waals surface area contributed by atoms with Gasteiger partial charge in [-0.25, -0.2) is 8.78 Å². The molecule has 3 heteroatoms. The first-order chi connectivity index (χ1) is 7.65. The van der Waals surface area contributed by atoms with Crippen LogP contribution in [0.1, 0.15) is 46.2 Å². The van der Waals surface area contributed by atoms with Crippen molar-refractivity contribution in [1.82, 2.24) is 5.32 Å². The average molecular weight is 231 g/mol. The van der Waals surface area contributed by atoms with E-state index in [0.29, 0.717) is 5.56 Å². The SMILES string of the molecule is CC.CC.CN[C@@H](C)c1ccc(F)cc1F. The molecule has 0 bridgehead atoms. The third kappa shape index (κ3) is 5.81. The highest BCUT2D eigenvalue weighted by Crippen LogP contribution is 2.16. The molecule has 1 rings (SSSR count). The Kier molecular flexibility index (Phi) is 11.5. The van der Waals surface area contributed by atoms with Crippen LogP contribution in [0.3, 0.4) is 0 Å². The number of rotatable bonds is 2. The Morgan fingerprint density at radius 3 is 1.94 bits per heavy atom. The molecule has 1 aromatic carbocycles. The summed E-state index contributed by atoms with van der Waals surface area (Å²) in [5, 5.41) is 2.88. The fourth-order valence-electron chi connectivity index (χ4n) is 1.01. The molecule has 1 N–H and O–H groups in total. The van der Waals surface area contributed by atoms with E-state index >= 15 is 0 Å². The van der Waals surface area contributed by atoms with E-state index in [2.05, 4.69) is 5.32 Å². The number of halogens is 2. The summed E-state index contributed by atoms with van der Waals surface area (Å²) in [4.78, 5) is 0. The molecule has 0 aromatic heterocycles. The standard InChI is InChI=1S/C9H11F2N.2C2H6/c1-6(12-2)8-4-3-7(10)5-9(8)11;2*1-2/h3-6,12H,1-2H3;2*1-2H3/t6-;;/m0../s1. The summed E-state index contributed by atoms with van der Waals surface area (Å²) in [6.45, 7) is 9.82. The van der Waals surface area contributed by atoms with Crippen LogP contribution in [0.2, 0.25) is 0 Å².